The lowest BCUT2D eigenvalue weighted by atomic mass is 10.1. The lowest BCUT2D eigenvalue weighted by molar-refractivity contribution is -0.146. The number of aliphatic hydroxyl groups excluding tert-OH is 1. The molecule has 19 heavy (non-hydrogen) atoms. The van der Waals surface area contributed by atoms with Crippen molar-refractivity contribution in [2.75, 3.05) is 11.9 Å². The van der Waals surface area contributed by atoms with Crippen molar-refractivity contribution in [3.05, 3.63) is 29.3 Å². The molecule has 0 heterocycles. The first kappa shape index (κ1) is 15.0. The molecule has 104 valence electrons. The van der Waals surface area contributed by atoms with E-state index in [9.17, 15) is 9.59 Å². The van der Waals surface area contributed by atoms with E-state index in [-0.39, 0.29) is 13.0 Å². The summed E-state index contributed by atoms with van der Waals surface area (Å²) < 4.78 is 0. The molecule has 1 aromatic rings. The molecule has 0 saturated carbocycles. The smallest absolute Gasteiger partial charge is 0.332 e. The van der Waals surface area contributed by atoms with Gasteiger partial charge < -0.3 is 20.8 Å². The number of urea groups is 1. The second-order valence-corrected chi connectivity index (χ2v) is 4.40. The maximum absolute atomic E-state index is 11.5. The van der Waals surface area contributed by atoms with Crippen molar-refractivity contribution in [3.8, 4) is 0 Å². The van der Waals surface area contributed by atoms with Gasteiger partial charge in [-0.2, -0.15) is 0 Å². The Balaban J connectivity index is 2.41. The maximum atomic E-state index is 11.5. The number of hydrogen-bond donors (Lipinski definition) is 4. The second-order valence-electron chi connectivity index (χ2n) is 4.40. The molecular weight excluding hydrogens is 248 g/mol. The van der Waals surface area contributed by atoms with Gasteiger partial charge in [0.05, 0.1) is 0 Å². The van der Waals surface area contributed by atoms with Gasteiger partial charge in [-0.15, -0.1) is 0 Å². The van der Waals surface area contributed by atoms with Crippen LogP contribution in [0.2, 0.25) is 0 Å². The largest absolute Gasteiger partial charge is 0.479 e. The number of aliphatic carboxylic acids is 1. The summed E-state index contributed by atoms with van der Waals surface area (Å²) in [6, 6.07) is 5.23. The SMILES string of the molecule is Cc1cc(C)cc(NC(=O)NCCC(O)C(=O)O)c1. The Morgan fingerprint density at radius 1 is 1.21 bits per heavy atom. The van der Waals surface area contributed by atoms with E-state index < -0.39 is 18.1 Å². The van der Waals surface area contributed by atoms with Crippen molar-refractivity contribution >= 4 is 17.7 Å². The molecule has 0 spiro atoms. The van der Waals surface area contributed by atoms with Gasteiger partial charge in [0.1, 0.15) is 0 Å². The third kappa shape index (κ3) is 5.39. The average molecular weight is 266 g/mol. The van der Waals surface area contributed by atoms with Crippen LogP contribution in [0.4, 0.5) is 10.5 Å². The minimum atomic E-state index is -1.46. The van der Waals surface area contributed by atoms with Crippen molar-refractivity contribution < 1.29 is 19.8 Å². The van der Waals surface area contributed by atoms with Crippen LogP contribution in [0.3, 0.4) is 0 Å². The summed E-state index contributed by atoms with van der Waals surface area (Å²) in [7, 11) is 0. The van der Waals surface area contributed by atoms with E-state index in [1.807, 2.05) is 32.0 Å². The fourth-order valence-electron chi connectivity index (χ4n) is 1.67. The predicted octanol–water partition coefficient (Wildman–Crippen LogP) is 1.26. The second kappa shape index (κ2) is 6.75. The van der Waals surface area contributed by atoms with Crippen molar-refractivity contribution in [1.82, 2.24) is 5.32 Å². The number of aryl methyl sites for hydroxylation is 2. The highest BCUT2D eigenvalue weighted by atomic mass is 16.4. The van der Waals surface area contributed by atoms with Crippen LogP contribution in [0.5, 0.6) is 0 Å². The third-order valence-corrected chi connectivity index (χ3v) is 2.47. The Kier molecular flexibility index (Phi) is 5.32. The molecule has 2 amide bonds. The molecule has 0 bridgehead atoms. The Hall–Kier alpha value is -2.08. The Morgan fingerprint density at radius 3 is 2.32 bits per heavy atom. The van der Waals surface area contributed by atoms with Crippen LogP contribution in [-0.4, -0.2) is 34.9 Å². The van der Waals surface area contributed by atoms with Gasteiger partial charge in [-0.25, -0.2) is 9.59 Å². The number of carbonyl (C=O) groups excluding carboxylic acids is 1. The van der Waals surface area contributed by atoms with E-state index in [0.717, 1.165) is 11.1 Å². The number of amides is 2. The molecule has 0 fully saturated rings. The van der Waals surface area contributed by atoms with Crippen LogP contribution in [0.1, 0.15) is 17.5 Å². The summed E-state index contributed by atoms with van der Waals surface area (Å²) in [6.07, 6.45) is -1.49. The number of carboxylic acids is 1. The molecule has 4 N–H and O–H groups in total. The number of hydrogen-bond acceptors (Lipinski definition) is 3. The topological polar surface area (TPSA) is 98.7 Å². The quantitative estimate of drug-likeness (QED) is 0.644. The number of benzene rings is 1. The Labute approximate surface area is 111 Å². The normalized spacial score (nSPS) is 11.7. The van der Waals surface area contributed by atoms with Gasteiger partial charge in [0.15, 0.2) is 6.10 Å². The van der Waals surface area contributed by atoms with Crippen LogP contribution >= 0.6 is 0 Å². The van der Waals surface area contributed by atoms with E-state index >= 15 is 0 Å². The summed E-state index contributed by atoms with van der Waals surface area (Å²) in [4.78, 5) is 21.9. The molecule has 1 unspecified atom stereocenters. The highest BCUT2D eigenvalue weighted by molar-refractivity contribution is 5.89. The van der Waals surface area contributed by atoms with Crippen LogP contribution < -0.4 is 10.6 Å². The first-order valence-corrected chi connectivity index (χ1v) is 5.92. The first-order valence-electron chi connectivity index (χ1n) is 5.92. The molecule has 0 aliphatic carbocycles. The highest BCUT2D eigenvalue weighted by Gasteiger charge is 2.12. The fourth-order valence-corrected chi connectivity index (χ4v) is 1.67. The monoisotopic (exact) mass is 266 g/mol. The van der Waals surface area contributed by atoms with Gasteiger partial charge in [-0.1, -0.05) is 6.07 Å². The number of carbonyl (C=O) groups is 2. The van der Waals surface area contributed by atoms with Gasteiger partial charge in [-0.05, 0) is 37.1 Å². The lowest BCUT2D eigenvalue weighted by Gasteiger charge is -2.10. The van der Waals surface area contributed by atoms with Crippen LogP contribution in [0, 0.1) is 13.8 Å². The van der Waals surface area contributed by atoms with Crippen molar-refractivity contribution in [3.63, 3.8) is 0 Å². The number of anilines is 1. The highest BCUT2D eigenvalue weighted by Crippen LogP contribution is 2.13. The Bertz CT molecular complexity index is 453. The van der Waals surface area contributed by atoms with Crippen LogP contribution in [-0.2, 0) is 4.79 Å². The molecular formula is C13H18N2O4. The summed E-state index contributed by atoms with van der Waals surface area (Å²) in [6.45, 7) is 3.95. The number of nitrogens with one attached hydrogen (secondary N) is 2. The van der Waals surface area contributed by atoms with Gasteiger partial charge in [0.2, 0.25) is 0 Å². The number of carboxylic acid groups (broad SMARTS) is 1. The molecule has 0 aromatic heterocycles. The molecule has 6 nitrogen and oxygen atoms in total. The van der Waals surface area contributed by atoms with E-state index in [2.05, 4.69) is 10.6 Å². The lowest BCUT2D eigenvalue weighted by Crippen LogP contribution is -2.33. The molecule has 6 heteroatoms. The summed E-state index contributed by atoms with van der Waals surface area (Å²) >= 11 is 0. The number of aliphatic hydroxyl groups is 1. The zero-order valence-electron chi connectivity index (χ0n) is 10.9. The van der Waals surface area contributed by atoms with E-state index in [1.165, 1.54) is 0 Å². The summed E-state index contributed by atoms with van der Waals surface area (Å²) in [5.74, 6) is -1.29. The van der Waals surface area contributed by atoms with Crippen LogP contribution in [0.15, 0.2) is 18.2 Å². The molecule has 0 radical (unpaired) electrons. The minimum absolute atomic E-state index is 0.0321. The van der Waals surface area contributed by atoms with E-state index in [1.54, 1.807) is 0 Å². The fraction of sp³-hybridized carbons (Fsp3) is 0.385. The summed E-state index contributed by atoms with van der Waals surface area (Å²) in [5, 5.41) is 22.6. The standard InChI is InChI=1S/C13H18N2O4/c1-8-5-9(2)7-10(6-8)15-13(19)14-4-3-11(16)12(17)18/h5-7,11,16H,3-4H2,1-2H3,(H,17,18)(H2,14,15,19). The minimum Gasteiger partial charge on any atom is -0.479 e. The van der Waals surface area contributed by atoms with E-state index in [0.29, 0.717) is 5.69 Å². The Morgan fingerprint density at radius 2 is 1.79 bits per heavy atom. The van der Waals surface area contributed by atoms with Gasteiger partial charge in [0.25, 0.3) is 0 Å². The predicted molar refractivity (Wildman–Crippen MR) is 71.2 cm³/mol. The molecule has 1 aromatic carbocycles. The van der Waals surface area contributed by atoms with Crippen molar-refractivity contribution in [1.29, 1.82) is 0 Å². The summed E-state index contributed by atoms with van der Waals surface area (Å²) in [5.41, 5.74) is 2.75. The maximum Gasteiger partial charge on any atom is 0.332 e. The molecule has 0 aliphatic rings. The zero-order chi connectivity index (χ0) is 14.4. The van der Waals surface area contributed by atoms with E-state index in [4.69, 9.17) is 10.2 Å². The van der Waals surface area contributed by atoms with Gasteiger partial charge in [0, 0.05) is 18.7 Å². The third-order valence-electron chi connectivity index (χ3n) is 2.47. The van der Waals surface area contributed by atoms with Crippen LogP contribution in [0.25, 0.3) is 0 Å². The molecule has 1 rings (SSSR count). The zero-order valence-corrected chi connectivity index (χ0v) is 10.9. The average Bonchev–Trinajstić information content (AvgIpc) is 2.26. The molecule has 0 saturated heterocycles. The molecule has 1 atom stereocenters. The van der Waals surface area contributed by atoms with Gasteiger partial charge >= 0.3 is 12.0 Å². The van der Waals surface area contributed by atoms with Crippen molar-refractivity contribution in [2.24, 2.45) is 0 Å². The first-order chi connectivity index (χ1) is 8.88. The van der Waals surface area contributed by atoms with Gasteiger partial charge in [-0.3, -0.25) is 0 Å². The van der Waals surface area contributed by atoms with Crippen molar-refractivity contribution in [2.45, 2.75) is 26.4 Å². The molecule has 0 aliphatic heterocycles. The number of rotatable bonds is 5.